The van der Waals surface area contributed by atoms with Crippen LogP contribution in [0.5, 0.6) is 5.75 Å². The molecule has 2 heterocycles. The molecule has 2 N–H and O–H groups in total. The van der Waals surface area contributed by atoms with Gasteiger partial charge in [0, 0.05) is 6.42 Å². The summed E-state index contributed by atoms with van der Waals surface area (Å²) in [6.45, 7) is 3.75. The van der Waals surface area contributed by atoms with Gasteiger partial charge in [0.15, 0.2) is 0 Å². The Morgan fingerprint density at radius 1 is 1.50 bits per heavy atom. The van der Waals surface area contributed by atoms with Crippen LogP contribution in [-0.2, 0) is 6.42 Å². The lowest BCUT2D eigenvalue weighted by molar-refractivity contribution is 0.357. The highest BCUT2D eigenvalue weighted by Gasteiger charge is 2.19. The van der Waals surface area contributed by atoms with Crippen molar-refractivity contribution in [1.82, 2.24) is 20.7 Å². The van der Waals surface area contributed by atoms with E-state index in [9.17, 15) is 0 Å². The fourth-order valence-corrected chi connectivity index (χ4v) is 2.33. The molecule has 0 amide bonds. The fraction of sp³-hybridized carbons (Fsp3) is 0.385. The number of rotatable bonds is 4. The number of hydrogen-bond acceptors (Lipinski definition) is 4. The molecule has 0 bridgehead atoms. The summed E-state index contributed by atoms with van der Waals surface area (Å²) in [5, 5.41) is 14.2. The predicted molar refractivity (Wildman–Crippen MR) is 67.5 cm³/mol. The van der Waals surface area contributed by atoms with E-state index < -0.39 is 0 Å². The summed E-state index contributed by atoms with van der Waals surface area (Å²) in [6, 6.07) is 6.41. The van der Waals surface area contributed by atoms with Crippen molar-refractivity contribution in [1.29, 1.82) is 0 Å². The average molecular weight is 244 g/mol. The van der Waals surface area contributed by atoms with Crippen LogP contribution in [0.25, 0.3) is 0 Å². The van der Waals surface area contributed by atoms with E-state index >= 15 is 0 Å². The zero-order valence-corrected chi connectivity index (χ0v) is 10.3. The topological polar surface area (TPSA) is 62.8 Å². The first kappa shape index (κ1) is 11.2. The molecule has 1 aromatic carbocycles. The monoisotopic (exact) mass is 244 g/mol. The van der Waals surface area contributed by atoms with Crippen molar-refractivity contribution in [3.8, 4) is 5.75 Å². The summed E-state index contributed by atoms with van der Waals surface area (Å²) in [6.07, 6.45) is 2.75. The lowest BCUT2D eigenvalue weighted by Crippen LogP contribution is -2.22. The largest absolute Gasteiger partial charge is 0.493 e. The van der Waals surface area contributed by atoms with Crippen LogP contribution in [0.1, 0.15) is 29.8 Å². The maximum absolute atomic E-state index is 5.53. The van der Waals surface area contributed by atoms with Crippen LogP contribution in [-0.4, -0.2) is 28.6 Å². The van der Waals surface area contributed by atoms with E-state index in [0.29, 0.717) is 0 Å². The molecule has 0 spiro atoms. The third-order valence-corrected chi connectivity index (χ3v) is 3.18. The van der Waals surface area contributed by atoms with Crippen molar-refractivity contribution < 1.29 is 4.74 Å². The average Bonchev–Trinajstić information content (AvgIpc) is 3.05. The van der Waals surface area contributed by atoms with Crippen LogP contribution in [0, 0.1) is 0 Å². The molecule has 94 valence electrons. The second-order valence-corrected chi connectivity index (χ2v) is 4.35. The maximum atomic E-state index is 5.53. The van der Waals surface area contributed by atoms with Crippen LogP contribution in [0.3, 0.4) is 0 Å². The van der Waals surface area contributed by atoms with Crippen LogP contribution < -0.4 is 10.1 Å². The summed E-state index contributed by atoms with van der Waals surface area (Å²) in [5.74, 6) is 1.01. The molecule has 2 aromatic rings. The standard InChI is InChI=1S/C13H16N4O/c1-2-14-13(11-8-15-17-16-11)10-3-4-12-9(7-10)5-6-18-12/h3-4,7-8,13-14H,2,5-6H2,1H3,(H,15,16,17). The van der Waals surface area contributed by atoms with Crippen molar-refractivity contribution in [3.63, 3.8) is 0 Å². The van der Waals surface area contributed by atoms with E-state index in [1.165, 1.54) is 11.1 Å². The minimum absolute atomic E-state index is 0.0830. The minimum Gasteiger partial charge on any atom is -0.493 e. The molecule has 0 saturated heterocycles. The Labute approximate surface area is 106 Å². The number of fused-ring (bicyclic) bond motifs is 1. The molecule has 0 saturated carbocycles. The molecule has 0 fully saturated rings. The van der Waals surface area contributed by atoms with Gasteiger partial charge >= 0.3 is 0 Å². The van der Waals surface area contributed by atoms with Gasteiger partial charge in [-0.05, 0) is 23.7 Å². The van der Waals surface area contributed by atoms with E-state index in [-0.39, 0.29) is 6.04 Å². The van der Waals surface area contributed by atoms with Gasteiger partial charge in [-0.2, -0.15) is 15.4 Å². The molecule has 1 aromatic heterocycles. The first-order valence-electron chi connectivity index (χ1n) is 6.23. The van der Waals surface area contributed by atoms with E-state index in [0.717, 1.165) is 31.0 Å². The SMILES string of the molecule is CCNC(c1ccc2c(c1)CCO2)c1cn[nH]n1. The second-order valence-electron chi connectivity index (χ2n) is 4.35. The zero-order valence-electron chi connectivity index (χ0n) is 10.3. The van der Waals surface area contributed by atoms with E-state index in [1.54, 1.807) is 6.20 Å². The minimum atomic E-state index is 0.0830. The van der Waals surface area contributed by atoms with Gasteiger partial charge in [-0.25, -0.2) is 0 Å². The highest BCUT2D eigenvalue weighted by atomic mass is 16.5. The summed E-state index contributed by atoms with van der Waals surface area (Å²) in [7, 11) is 0. The molecule has 1 aliphatic heterocycles. The van der Waals surface area contributed by atoms with Crippen LogP contribution in [0.2, 0.25) is 0 Å². The zero-order chi connectivity index (χ0) is 12.4. The summed E-state index contributed by atoms with van der Waals surface area (Å²) < 4.78 is 5.53. The Morgan fingerprint density at radius 2 is 2.44 bits per heavy atom. The predicted octanol–water partition coefficient (Wildman–Crippen LogP) is 1.44. The molecule has 3 rings (SSSR count). The number of nitrogens with one attached hydrogen (secondary N) is 2. The lowest BCUT2D eigenvalue weighted by Gasteiger charge is -2.16. The molecular weight excluding hydrogens is 228 g/mol. The van der Waals surface area contributed by atoms with Crippen molar-refractivity contribution in [3.05, 3.63) is 41.2 Å². The number of nitrogens with zero attached hydrogens (tertiary/aromatic N) is 2. The number of H-pyrrole nitrogens is 1. The van der Waals surface area contributed by atoms with E-state index in [1.807, 2.05) is 6.07 Å². The summed E-state index contributed by atoms with van der Waals surface area (Å²) >= 11 is 0. The highest BCUT2D eigenvalue weighted by Crippen LogP contribution is 2.29. The highest BCUT2D eigenvalue weighted by molar-refractivity contribution is 5.42. The maximum Gasteiger partial charge on any atom is 0.122 e. The second kappa shape index (κ2) is 4.78. The molecule has 18 heavy (non-hydrogen) atoms. The fourth-order valence-electron chi connectivity index (χ4n) is 2.33. The van der Waals surface area contributed by atoms with Gasteiger partial charge in [0.1, 0.15) is 11.4 Å². The molecule has 1 aliphatic rings. The molecule has 1 atom stereocenters. The molecule has 0 radical (unpaired) electrons. The van der Waals surface area contributed by atoms with Crippen molar-refractivity contribution >= 4 is 0 Å². The van der Waals surface area contributed by atoms with Gasteiger partial charge in [0.25, 0.3) is 0 Å². The smallest absolute Gasteiger partial charge is 0.122 e. The first-order valence-corrected chi connectivity index (χ1v) is 6.23. The van der Waals surface area contributed by atoms with Gasteiger partial charge in [0.2, 0.25) is 0 Å². The third kappa shape index (κ3) is 1.97. The summed E-state index contributed by atoms with van der Waals surface area (Å²) in [4.78, 5) is 0. The Kier molecular flexibility index (Phi) is 2.98. The number of benzene rings is 1. The number of aromatic amines is 1. The van der Waals surface area contributed by atoms with Crippen molar-refractivity contribution in [2.24, 2.45) is 0 Å². The number of hydrogen-bond donors (Lipinski definition) is 2. The normalized spacial score (nSPS) is 15.2. The number of ether oxygens (including phenoxy) is 1. The van der Waals surface area contributed by atoms with Crippen molar-refractivity contribution in [2.75, 3.05) is 13.2 Å². The van der Waals surface area contributed by atoms with Gasteiger partial charge in [-0.1, -0.05) is 19.1 Å². The molecule has 5 heteroatoms. The third-order valence-electron chi connectivity index (χ3n) is 3.18. The quantitative estimate of drug-likeness (QED) is 0.854. The Hall–Kier alpha value is -1.88. The Balaban J connectivity index is 1.95. The molecule has 1 unspecified atom stereocenters. The first-order chi connectivity index (χ1) is 8.88. The molecule has 5 nitrogen and oxygen atoms in total. The lowest BCUT2D eigenvalue weighted by atomic mass is 10.0. The van der Waals surface area contributed by atoms with Crippen molar-refractivity contribution in [2.45, 2.75) is 19.4 Å². The molecule has 0 aliphatic carbocycles. The van der Waals surface area contributed by atoms with Crippen LogP contribution in [0.15, 0.2) is 24.4 Å². The van der Waals surface area contributed by atoms with Gasteiger partial charge in [-0.3, -0.25) is 0 Å². The molecular formula is C13H16N4O. The summed E-state index contributed by atoms with van der Waals surface area (Å²) in [5.41, 5.74) is 3.39. The van der Waals surface area contributed by atoms with Crippen LogP contribution >= 0.6 is 0 Å². The van der Waals surface area contributed by atoms with E-state index in [2.05, 4.69) is 39.8 Å². The Bertz CT molecular complexity index is 524. The van der Waals surface area contributed by atoms with Gasteiger partial charge in [0.05, 0.1) is 18.8 Å². The van der Waals surface area contributed by atoms with Crippen LogP contribution in [0.4, 0.5) is 0 Å². The van der Waals surface area contributed by atoms with Gasteiger partial charge < -0.3 is 10.1 Å². The number of aromatic nitrogens is 3. The van der Waals surface area contributed by atoms with Gasteiger partial charge in [-0.15, -0.1) is 0 Å². The Morgan fingerprint density at radius 3 is 3.22 bits per heavy atom. The van der Waals surface area contributed by atoms with E-state index in [4.69, 9.17) is 4.74 Å².